The second-order valence-electron chi connectivity index (χ2n) is 3.64. The van der Waals surface area contributed by atoms with Crippen LogP contribution in [0.1, 0.15) is 18.5 Å². The van der Waals surface area contributed by atoms with E-state index in [1.807, 2.05) is 18.2 Å². The number of hydrogen-bond donors (Lipinski definition) is 2. The summed E-state index contributed by atoms with van der Waals surface area (Å²) in [5.74, 6) is -0.413. The Hall–Kier alpha value is -1.04. The first-order valence-corrected chi connectivity index (χ1v) is 6.12. The average molecular weight is 334 g/mol. The third kappa shape index (κ3) is 2.68. The fourth-order valence-electron chi connectivity index (χ4n) is 1.77. The molecule has 1 atom stereocenters. The molecule has 1 aromatic carbocycles. The summed E-state index contributed by atoms with van der Waals surface area (Å²) in [5, 5.41) is 0.924. The normalized spacial score (nSPS) is 11.9. The molecule has 6 heteroatoms. The molecule has 98 valence electrons. The van der Waals surface area contributed by atoms with E-state index in [2.05, 4.69) is 20.9 Å². The van der Waals surface area contributed by atoms with E-state index in [1.165, 1.54) is 0 Å². The van der Waals surface area contributed by atoms with E-state index in [-0.39, 0.29) is 12.4 Å². The van der Waals surface area contributed by atoms with Crippen LogP contribution >= 0.6 is 28.3 Å². The minimum absolute atomic E-state index is 0. The number of H-pyrrole nitrogens is 1. The number of ether oxygens (including phenoxy) is 1. The SMILES string of the molecule is CCOC(=O)C(N)c1c[nH]c2cccc(Br)c12.Cl. The Kier molecular flexibility index (Phi) is 5.19. The highest BCUT2D eigenvalue weighted by molar-refractivity contribution is 9.10. The molecule has 0 aliphatic heterocycles. The van der Waals surface area contributed by atoms with Gasteiger partial charge in [0, 0.05) is 27.1 Å². The Morgan fingerprint density at radius 2 is 2.28 bits per heavy atom. The summed E-state index contributed by atoms with van der Waals surface area (Å²) >= 11 is 3.46. The van der Waals surface area contributed by atoms with Crippen LogP contribution in [0.2, 0.25) is 0 Å². The van der Waals surface area contributed by atoms with Crippen LogP contribution in [0, 0.1) is 0 Å². The third-order valence-corrected chi connectivity index (χ3v) is 3.22. The van der Waals surface area contributed by atoms with Gasteiger partial charge in [-0.25, -0.2) is 4.79 Å². The zero-order valence-electron chi connectivity index (χ0n) is 9.77. The molecule has 18 heavy (non-hydrogen) atoms. The molecular formula is C12H14BrClN2O2. The maximum atomic E-state index is 11.6. The van der Waals surface area contributed by atoms with E-state index in [4.69, 9.17) is 10.5 Å². The molecule has 0 fully saturated rings. The van der Waals surface area contributed by atoms with Crippen LogP contribution in [0.15, 0.2) is 28.9 Å². The van der Waals surface area contributed by atoms with Crippen LogP contribution in [-0.4, -0.2) is 17.6 Å². The van der Waals surface area contributed by atoms with Crippen molar-refractivity contribution in [3.05, 3.63) is 34.4 Å². The number of halogens is 2. The standard InChI is InChI=1S/C12H13BrN2O2.ClH/c1-2-17-12(16)11(14)7-6-15-9-5-3-4-8(13)10(7)9;/h3-6,11,15H,2,14H2,1H3;1H. The smallest absolute Gasteiger partial charge is 0.327 e. The molecular weight excluding hydrogens is 320 g/mol. The Morgan fingerprint density at radius 1 is 1.56 bits per heavy atom. The Morgan fingerprint density at radius 3 is 2.94 bits per heavy atom. The van der Waals surface area contributed by atoms with Crippen molar-refractivity contribution in [2.75, 3.05) is 6.61 Å². The number of aromatic amines is 1. The highest BCUT2D eigenvalue weighted by atomic mass is 79.9. The lowest BCUT2D eigenvalue weighted by atomic mass is 10.1. The largest absolute Gasteiger partial charge is 0.465 e. The topological polar surface area (TPSA) is 68.1 Å². The van der Waals surface area contributed by atoms with Gasteiger partial charge in [0.15, 0.2) is 0 Å². The zero-order chi connectivity index (χ0) is 12.4. The van der Waals surface area contributed by atoms with Crippen molar-refractivity contribution in [2.45, 2.75) is 13.0 Å². The number of rotatable bonds is 3. The summed E-state index contributed by atoms with van der Waals surface area (Å²) in [6.07, 6.45) is 1.75. The molecule has 2 rings (SSSR count). The molecule has 2 aromatic rings. The van der Waals surface area contributed by atoms with Gasteiger partial charge in [0.05, 0.1) is 6.61 Å². The van der Waals surface area contributed by atoms with Gasteiger partial charge in [0.25, 0.3) is 0 Å². The van der Waals surface area contributed by atoms with E-state index in [1.54, 1.807) is 13.1 Å². The monoisotopic (exact) mass is 332 g/mol. The predicted octanol–water partition coefficient (Wildman–Crippen LogP) is 2.92. The number of hydrogen-bond acceptors (Lipinski definition) is 3. The van der Waals surface area contributed by atoms with Crippen LogP contribution in [0.3, 0.4) is 0 Å². The molecule has 0 bridgehead atoms. The summed E-state index contributed by atoms with van der Waals surface area (Å²) in [5.41, 5.74) is 7.57. The second kappa shape index (κ2) is 6.22. The fourth-order valence-corrected chi connectivity index (χ4v) is 2.36. The van der Waals surface area contributed by atoms with E-state index < -0.39 is 12.0 Å². The van der Waals surface area contributed by atoms with Gasteiger partial charge in [0.2, 0.25) is 0 Å². The van der Waals surface area contributed by atoms with Gasteiger partial charge < -0.3 is 15.5 Å². The maximum absolute atomic E-state index is 11.6. The summed E-state index contributed by atoms with van der Waals surface area (Å²) in [6.45, 7) is 2.09. The Bertz CT molecular complexity index is 556. The molecule has 0 saturated heterocycles. The van der Waals surface area contributed by atoms with E-state index in [0.29, 0.717) is 6.61 Å². The summed E-state index contributed by atoms with van der Waals surface area (Å²) in [6, 6.07) is 5.00. The van der Waals surface area contributed by atoms with Gasteiger partial charge in [-0.1, -0.05) is 22.0 Å². The third-order valence-electron chi connectivity index (χ3n) is 2.56. The fraction of sp³-hybridized carbons (Fsp3) is 0.250. The molecule has 0 spiro atoms. The summed E-state index contributed by atoms with van der Waals surface area (Å²) in [7, 11) is 0. The van der Waals surface area contributed by atoms with Crippen molar-refractivity contribution in [2.24, 2.45) is 5.73 Å². The van der Waals surface area contributed by atoms with Crippen molar-refractivity contribution in [1.29, 1.82) is 0 Å². The first-order chi connectivity index (χ1) is 8.15. The molecule has 0 radical (unpaired) electrons. The molecule has 0 saturated carbocycles. The lowest BCUT2D eigenvalue weighted by Gasteiger charge is -2.10. The van der Waals surface area contributed by atoms with Gasteiger partial charge in [-0.2, -0.15) is 0 Å². The van der Waals surface area contributed by atoms with Gasteiger partial charge in [-0.05, 0) is 19.1 Å². The zero-order valence-corrected chi connectivity index (χ0v) is 12.2. The number of fused-ring (bicyclic) bond motifs is 1. The first kappa shape index (κ1) is 15.0. The average Bonchev–Trinajstić information content (AvgIpc) is 2.73. The van der Waals surface area contributed by atoms with E-state index in [9.17, 15) is 4.79 Å². The molecule has 0 aliphatic carbocycles. The maximum Gasteiger partial charge on any atom is 0.327 e. The highest BCUT2D eigenvalue weighted by Crippen LogP contribution is 2.30. The van der Waals surface area contributed by atoms with Gasteiger partial charge in [0.1, 0.15) is 6.04 Å². The Balaban J connectivity index is 0.00000162. The van der Waals surface area contributed by atoms with Crippen LogP contribution in [0.5, 0.6) is 0 Å². The van der Waals surface area contributed by atoms with Crippen LogP contribution in [0.25, 0.3) is 10.9 Å². The minimum atomic E-state index is -0.762. The van der Waals surface area contributed by atoms with Crippen molar-refractivity contribution < 1.29 is 9.53 Å². The molecule has 1 unspecified atom stereocenters. The van der Waals surface area contributed by atoms with Crippen molar-refractivity contribution in [1.82, 2.24) is 4.98 Å². The first-order valence-electron chi connectivity index (χ1n) is 5.33. The molecule has 3 N–H and O–H groups in total. The number of nitrogens with one attached hydrogen (secondary N) is 1. The number of carbonyl (C=O) groups excluding carboxylic acids is 1. The second-order valence-corrected chi connectivity index (χ2v) is 4.49. The molecule has 1 heterocycles. The van der Waals surface area contributed by atoms with Gasteiger partial charge in [-0.3, -0.25) is 0 Å². The lowest BCUT2D eigenvalue weighted by molar-refractivity contribution is -0.144. The summed E-state index contributed by atoms with van der Waals surface area (Å²) < 4.78 is 5.83. The van der Waals surface area contributed by atoms with Gasteiger partial charge in [-0.15, -0.1) is 12.4 Å². The predicted molar refractivity (Wildman–Crippen MR) is 76.8 cm³/mol. The van der Waals surface area contributed by atoms with Crippen molar-refractivity contribution >= 4 is 45.2 Å². The highest BCUT2D eigenvalue weighted by Gasteiger charge is 2.21. The molecule has 1 aromatic heterocycles. The number of nitrogens with two attached hydrogens (primary N) is 1. The number of esters is 1. The van der Waals surface area contributed by atoms with Crippen molar-refractivity contribution in [3.63, 3.8) is 0 Å². The number of aromatic nitrogens is 1. The molecule has 0 aliphatic rings. The lowest BCUT2D eigenvalue weighted by Crippen LogP contribution is -2.23. The summed E-state index contributed by atoms with van der Waals surface area (Å²) in [4.78, 5) is 14.7. The van der Waals surface area contributed by atoms with Crippen LogP contribution in [0.4, 0.5) is 0 Å². The van der Waals surface area contributed by atoms with Crippen LogP contribution in [-0.2, 0) is 9.53 Å². The number of carbonyl (C=O) groups is 1. The number of benzene rings is 1. The van der Waals surface area contributed by atoms with E-state index >= 15 is 0 Å². The van der Waals surface area contributed by atoms with Crippen molar-refractivity contribution in [3.8, 4) is 0 Å². The quantitative estimate of drug-likeness (QED) is 0.849. The Labute approximate surface area is 119 Å². The van der Waals surface area contributed by atoms with Gasteiger partial charge >= 0.3 is 5.97 Å². The molecule has 4 nitrogen and oxygen atoms in total. The van der Waals surface area contributed by atoms with Crippen LogP contribution < -0.4 is 5.73 Å². The minimum Gasteiger partial charge on any atom is -0.465 e. The molecule has 0 amide bonds. The van der Waals surface area contributed by atoms with E-state index in [0.717, 1.165) is 20.9 Å².